The number of carbonyl (C=O) groups is 1. The first-order chi connectivity index (χ1) is 16.5. The number of anilines is 1. The molecule has 7 nitrogen and oxygen atoms in total. The number of piperazine rings is 1. The summed E-state index contributed by atoms with van der Waals surface area (Å²) in [4.78, 5) is 29.8. The lowest BCUT2D eigenvalue weighted by Crippen LogP contribution is -2.49. The van der Waals surface area contributed by atoms with Gasteiger partial charge in [0.05, 0.1) is 5.69 Å². The van der Waals surface area contributed by atoms with E-state index in [0.717, 1.165) is 24.3 Å². The van der Waals surface area contributed by atoms with Crippen LogP contribution < -0.4 is 10.5 Å². The van der Waals surface area contributed by atoms with Gasteiger partial charge in [-0.3, -0.25) is 9.59 Å². The largest absolute Gasteiger partial charge is 0.368 e. The van der Waals surface area contributed by atoms with E-state index in [1.807, 2.05) is 29.2 Å². The van der Waals surface area contributed by atoms with Crippen LogP contribution in [0.4, 0.5) is 10.1 Å². The van der Waals surface area contributed by atoms with Crippen molar-refractivity contribution in [3.63, 3.8) is 0 Å². The quantitative estimate of drug-likeness (QED) is 0.438. The molecule has 0 aliphatic carbocycles. The average Bonchev–Trinajstić information content (AvgIpc) is 3.30. The van der Waals surface area contributed by atoms with Gasteiger partial charge in [-0.25, -0.2) is 8.91 Å². The van der Waals surface area contributed by atoms with Gasteiger partial charge in [-0.15, -0.1) is 0 Å². The molecule has 9 heteroatoms. The molecule has 0 radical (unpaired) electrons. The van der Waals surface area contributed by atoms with Crippen molar-refractivity contribution in [2.24, 2.45) is 0 Å². The molecule has 0 N–H and O–H groups in total. The minimum Gasteiger partial charge on any atom is -0.368 e. The predicted molar refractivity (Wildman–Crippen MR) is 130 cm³/mol. The Hall–Kier alpha value is -3.65. The summed E-state index contributed by atoms with van der Waals surface area (Å²) in [6.45, 7) is 3.07. The highest BCUT2D eigenvalue weighted by atomic mass is 35.5. The number of hydrogen-bond donors (Lipinski definition) is 0. The van der Waals surface area contributed by atoms with Gasteiger partial charge in [0, 0.05) is 67.8 Å². The number of hydrogen-bond acceptors (Lipinski definition) is 4. The first-order valence-corrected chi connectivity index (χ1v) is 11.5. The van der Waals surface area contributed by atoms with Crippen LogP contribution in [0, 0.1) is 5.82 Å². The Morgan fingerprint density at radius 1 is 0.971 bits per heavy atom. The molecule has 0 unspecified atom stereocenters. The number of benzene rings is 2. The Kier molecular flexibility index (Phi) is 6.06. The first-order valence-electron chi connectivity index (χ1n) is 11.1. The van der Waals surface area contributed by atoms with Crippen molar-refractivity contribution in [1.29, 1.82) is 0 Å². The second-order valence-electron chi connectivity index (χ2n) is 8.26. The molecule has 1 amide bonds. The molecule has 1 aliphatic heterocycles. The van der Waals surface area contributed by atoms with E-state index in [1.54, 1.807) is 30.6 Å². The van der Waals surface area contributed by atoms with Crippen LogP contribution in [0.5, 0.6) is 0 Å². The first kappa shape index (κ1) is 22.2. The number of aromatic nitrogens is 3. The standard InChI is InChI=1S/C25H23ClFN5O2/c26-19-3-7-21(8-4-19)29-11-13-30(14-12-29)24(33)9-10-31-15-16-32-23(25(31)34)17-22(28-32)18-1-5-20(27)6-2-18/h1-8,15-17H,9-14H2. The number of halogens is 2. The van der Waals surface area contributed by atoms with Crippen LogP contribution in [0.15, 0.2) is 71.8 Å². The summed E-state index contributed by atoms with van der Waals surface area (Å²) in [5.41, 5.74) is 2.60. The lowest BCUT2D eigenvalue weighted by Gasteiger charge is -2.36. The zero-order chi connectivity index (χ0) is 23.7. The fourth-order valence-corrected chi connectivity index (χ4v) is 4.33. The molecule has 3 heterocycles. The molecule has 1 fully saturated rings. The molecule has 0 saturated carbocycles. The van der Waals surface area contributed by atoms with E-state index in [-0.39, 0.29) is 23.7 Å². The Balaban J connectivity index is 1.22. The van der Waals surface area contributed by atoms with Gasteiger partial charge in [-0.05, 0) is 54.6 Å². The van der Waals surface area contributed by atoms with Gasteiger partial charge in [0.25, 0.3) is 5.56 Å². The van der Waals surface area contributed by atoms with Gasteiger partial charge < -0.3 is 14.4 Å². The minimum atomic E-state index is -0.328. The van der Waals surface area contributed by atoms with Crippen LogP contribution in [0.3, 0.4) is 0 Å². The maximum atomic E-state index is 13.2. The molecule has 2 aromatic heterocycles. The van der Waals surface area contributed by atoms with Crippen molar-refractivity contribution in [3.8, 4) is 11.3 Å². The second kappa shape index (κ2) is 9.30. The fourth-order valence-electron chi connectivity index (χ4n) is 4.20. The number of aryl methyl sites for hydroxylation is 1. The van der Waals surface area contributed by atoms with Gasteiger partial charge in [-0.2, -0.15) is 5.10 Å². The van der Waals surface area contributed by atoms with Crippen molar-refractivity contribution >= 4 is 28.7 Å². The summed E-state index contributed by atoms with van der Waals surface area (Å²) in [6.07, 6.45) is 3.58. The average molecular weight is 480 g/mol. The summed E-state index contributed by atoms with van der Waals surface area (Å²) in [5.74, 6) is -0.297. The molecule has 5 rings (SSSR count). The van der Waals surface area contributed by atoms with E-state index in [9.17, 15) is 14.0 Å². The number of fused-ring (bicyclic) bond motifs is 1. The third kappa shape index (κ3) is 4.54. The van der Waals surface area contributed by atoms with Gasteiger partial charge in [0.15, 0.2) is 0 Å². The van der Waals surface area contributed by atoms with Crippen LogP contribution in [0.2, 0.25) is 5.02 Å². The van der Waals surface area contributed by atoms with E-state index in [2.05, 4.69) is 10.00 Å². The maximum absolute atomic E-state index is 13.2. The Bertz CT molecular complexity index is 1370. The second-order valence-corrected chi connectivity index (χ2v) is 8.69. The topological polar surface area (TPSA) is 62.9 Å². The minimum absolute atomic E-state index is 0.0306. The van der Waals surface area contributed by atoms with Crippen molar-refractivity contribution in [1.82, 2.24) is 19.1 Å². The molecule has 1 saturated heterocycles. The summed E-state index contributed by atoms with van der Waals surface area (Å²) in [5, 5.41) is 5.12. The van der Waals surface area contributed by atoms with Gasteiger partial charge in [0.1, 0.15) is 11.3 Å². The summed E-state index contributed by atoms with van der Waals surface area (Å²) in [7, 11) is 0. The van der Waals surface area contributed by atoms with Crippen LogP contribution in [0.1, 0.15) is 6.42 Å². The molecule has 0 bridgehead atoms. The normalized spacial score (nSPS) is 14.1. The predicted octanol–water partition coefficient (Wildman–Crippen LogP) is 3.69. The number of rotatable bonds is 5. The molecule has 34 heavy (non-hydrogen) atoms. The zero-order valence-corrected chi connectivity index (χ0v) is 19.2. The molecule has 0 atom stereocenters. The number of amides is 1. The lowest BCUT2D eigenvalue weighted by molar-refractivity contribution is -0.131. The lowest BCUT2D eigenvalue weighted by atomic mass is 10.1. The SMILES string of the molecule is O=C(CCn1ccn2nc(-c3ccc(F)cc3)cc2c1=O)N1CCN(c2ccc(Cl)cc2)CC1. The van der Waals surface area contributed by atoms with Gasteiger partial charge in [0.2, 0.25) is 5.91 Å². The monoisotopic (exact) mass is 479 g/mol. The molecule has 174 valence electrons. The van der Waals surface area contributed by atoms with Crippen LogP contribution in [-0.2, 0) is 11.3 Å². The molecule has 4 aromatic rings. The summed E-state index contributed by atoms with van der Waals surface area (Å²) in [6, 6.07) is 15.4. The molecule has 2 aromatic carbocycles. The highest BCUT2D eigenvalue weighted by Crippen LogP contribution is 2.20. The Labute approximate surface area is 200 Å². The van der Waals surface area contributed by atoms with Gasteiger partial charge in [-0.1, -0.05) is 11.6 Å². The van der Waals surface area contributed by atoms with Gasteiger partial charge >= 0.3 is 0 Å². The fraction of sp³-hybridized carbons (Fsp3) is 0.240. The van der Waals surface area contributed by atoms with Crippen molar-refractivity contribution in [2.75, 3.05) is 31.1 Å². The van der Waals surface area contributed by atoms with E-state index in [1.165, 1.54) is 21.2 Å². The highest BCUT2D eigenvalue weighted by molar-refractivity contribution is 6.30. The molecular weight excluding hydrogens is 457 g/mol. The van der Waals surface area contributed by atoms with Crippen molar-refractivity contribution < 1.29 is 9.18 Å². The van der Waals surface area contributed by atoms with Crippen LogP contribution in [0.25, 0.3) is 16.8 Å². The van der Waals surface area contributed by atoms with E-state index in [0.29, 0.717) is 35.9 Å². The third-order valence-corrected chi connectivity index (χ3v) is 6.39. The highest BCUT2D eigenvalue weighted by Gasteiger charge is 2.21. The smallest absolute Gasteiger partial charge is 0.276 e. The van der Waals surface area contributed by atoms with Crippen molar-refractivity contribution in [3.05, 3.63) is 88.2 Å². The molecule has 0 spiro atoms. The van der Waals surface area contributed by atoms with Crippen LogP contribution in [-0.4, -0.2) is 51.2 Å². The molecular formula is C25H23ClFN5O2. The number of nitrogens with zero attached hydrogens (tertiary/aromatic N) is 5. The summed E-state index contributed by atoms with van der Waals surface area (Å²) >= 11 is 5.97. The number of carbonyl (C=O) groups excluding carboxylic acids is 1. The van der Waals surface area contributed by atoms with E-state index in [4.69, 9.17) is 11.6 Å². The van der Waals surface area contributed by atoms with E-state index < -0.39 is 0 Å². The maximum Gasteiger partial charge on any atom is 0.276 e. The zero-order valence-electron chi connectivity index (χ0n) is 18.4. The Morgan fingerprint density at radius 2 is 1.68 bits per heavy atom. The Morgan fingerprint density at radius 3 is 2.38 bits per heavy atom. The van der Waals surface area contributed by atoms with Crippen molar-refractivity contribution in [2.45, 2.75) is 13.0 Å². The molecule has 1 aliphatic rings. The van der Waals surface area contributed by atoms with Crippen LogP contribution >= 0.6 is 11.6 Å². The summed E-state index contributed by atoms with van der Waals surface area (Å²) < 4.78 is 16.2. The van der Waals surface area contributed by atoms with E-state index >= 15 is 0 Å². The third-order valence-electron chi connectivity index (χ3n) is 6.13.